The average molecular weight is 248 g/mol. The highest BCUT2D eigenvalue weighted by molar-refractivity contribution is 6.52. The average Bonchev–Trinajstić information content (AvgIpc) is 2.52. The molecule has 3 nitrogen and oxygen atoms in total. The third-order valence-corrected chi connectivity index (χ3v) is 3.57. The fourth-order valence-electron chi connectivity index (χ4n) is 2.92. The van der Waals surface area contributed by atoms with Crippen molar-refractivity contribution in [1.29, 1.82) is 5.26 Å². The largest absolute Gasteiger partial charge is 0.416 e. The Morgan fingerprint density at radius 1 is 1.39 bits per heavy atom. The van der Waals surface area contributed by atoms with Crippen molar-refractivity contribution in [2.24, 2.45) is 0 Å². The smallest absolute Gasteiger partial charge is 0.392 e. The number of hydrogen-bond acceptors (Lipinski definition) is 3. The van der Waals surface area contributed by atoms with Crippen molar-refractivity contribution in [2.45, 2.75) is 71.5 Å². The summed E-state index contributed by atoms with van der Waals surface area (Å²) in [7, 11) is -0.0350. The molecule has 1 aliphatic rings. The molecule has 0 radical (unpaired) electrons. The van der Waals surface area contributed by atoms with Crippen LogP contribution in [0.1, 0.15) is 48.0 Å². The van der Waals surface area contributed by atoms with Crippen LogP contribution < -0.4 is 0 Å². The van der Waals surface area contributed by atoms with Crippen LogP contribution in [-0.4, -0.2) is 29.5 Å². The molecule has 1 saturated heterocycles. The Balaban J connectivity index is 3.03. The van der Waals surface area contributed by atoms with Crippen molar-refractivity contribution >= 4 is 7.05 Å². The number of nitriles is 1. The van der Waals surface area contributed by atoms with E-state index in [2.05, 4.69) is 59.0 Å². The van der Waals surface area contributed by atoms with Gasteiger partial charge >= 0.3 is 7.05 Å². The quantitative estimate of drug-likeness (QED) is 0.566. The monoisotopic (exact) mass is 248 g/mol. The zero-order valence-corrected chi connectivity index (χ0v) is 12.5. The highest BCUT2D eigenvalue weighted by atomic mass is 16.5. The minimum atomic E-state index is -0.183. The van der Waals surface area contributed by atoms with Gasteiger partial charge in [0, 0.05) is 17.0 Å². The Morgan fingerprint density at radius 2 is 1.89 bits per heavy atom. The second-order valence-electron chi connectivity index (χ2n) is 6.35. The van der Waals surface area contributed by atoms with E-state index in [1.165, 1.54) is 0 Å². The molecule has 100 valence electrons. The topological polar surface area (TPSA) is 36.3 Å². The minimum Gasteiger partial charge on any atom is -0.416 e. The molecule has 4 heteroatoms. The van der Waals surface area contributed by atoms with Crippen molar-refractivity contribution in [3.05, 3.63) is 12.2 Å². The Kier molecular flexibility index (Phi) is 4.63. The molecule has 0 N–H and O–H groups in total. The van der Waals surface area contributed by atoms with E-state index in [0.29, 0.717) is 17.7 Å². The fourth-order valence-corrected chi connectivity index (χ4v) is 2.92. The molecule has 1 fully saturated rings. The molecule has 0 saturated carbocycles. The zero-order chi connectivity index (χ0) is 14.1. The minimum absolute atomic E-state index is 0.0350. The third kappa shape index (κ3) is 3.16. The number of allylic oxidation sites excluding steroid dienone is 1. The summed E-state index contributed by atoms with van der Waals surface area (Å²) in [5.74, 6) is 0.106. The van der Waals surface area contributed by atoms with E-state index in [-0.39, 0.29) is 18.5 Å². The van der Waals surface area contributed by atoms with Crippen LogP contribution in [-0.2, 0) is 4.65 Å². The van der Waals surface area contributed by atoms with Crippen molar-refractivity contribution in [3.63, 3.8) is 0 Å². The van der Waals surface area contributed by atoms with Crippen molar-refractivity contribution in [3.8, 4) is 6.07 Å². The SMILES string of the molecule is C=C(C#N)C1CC(C)(C)OB1N(C(C)C)C(C)C. The van der Waals surface area contributed by atoms with Crippen LogP contribution in [0.5, 0.6) is 0 Å². The molecule has 0 aromatic heterocycles. The van der Waals surface area contributed by atoms with E-state index in [4.69, 9.17) is 9.92 Å². The standard InChI is InChI=1S/C14H25BN2O/c1-10(2)17(11(3)4)15-13(12(5)9-16)8-14(6,7)18-15/h10-11,13H,5,8H2,1-4,6-7H3. The van der Waals surface area contributed by atoms with Gasteiger partial charge in [-0.3, -0.25) is 0 Å². The summed E-state index contributed by atoms with van der Waals surface area (Å²) in [5.41, 5.74) is 0.453. The van der Waals surface area contributed by atoms with Crippen LogP contribution in [0.3, 0.4) is 0 Å². The van der Waals surface area contributed by atoms with Gasteiger partial charge < -0.3 is 9.47 Å². The van der Waals surface area contributed by atoms with Crippen LogP contribution in [0.2, 0.25) is 5.82 Å². The number of hydrogen-bond donors (Lipinski definition) is 0. The maximum absolute atomic E-state index is 9.12. The summed E-state index contributed by atoms with van der Waals surface area (Å²) in [4.78, 5) is 2.34. The molecule has 0 bridgehead atoms. The molecular weight excluding hydrogens is 223 g/mol. The maximum Gasteiger partial charge on any atom is 0.392 e. The molecule has 0 aromatic rings. The van der Waals surface area contributed by atoms with Gasteiger partial charge in [-0.25, -0.2) is 0 Å². The summed E-state index contributed by atoms with van der Waals surface area (Å²) in [6.45, 7) is 16.7. The number of nitrogens with zero attached hydrogens (tertiary/aromatic N) is 2. The molecule has 0 amide bonds. The van der Waals surface area contributed by atoms with Gasteiger partial charge in [-0.05, 0) is 32.4 Å². The normalized spacial score (nSPS) is 22.9. The molecule has 1 unspecified atom stereocenters. The summed E-state index contributed by atoms with van der Waals surface area (Å²) in [5, 5.41) is 9.12. The van der Waals surface area contributed by atoms with Crippen molar-refractivity contribution in [1.82, 2.24) is 4.81 Å². The highest BCUT2D eigenvalue weighted by Gasteiger charge is 2.49. The Morgan fingerprint density at radius 3 is 2.28 bits per heavy atom. The second-order valence-corrected chi connectivity index (χ2v) is 6.35. The lowest BCUT2D eigenvalue weighted by Gasteiger charge is -2.36. The zero-order valence-electron chi connectivity index (χ0n) is 12.5. The Hall–Kier alpha value is -0.785. The second kappa shape index (κ2) is 5.46. The summed E-state index contributed by atoms with van der Waals surface area (Å²) in [6.07, 6.45) is 0.861. The molecule has 0 spiro atoms. The summed E-state index contributed by atoms with van der Waals surface area (Å²) < 4.78 is 6.18. The molecule has 1 rings (SSSR count). The molecule has 18 heavy (non-hydrogen) atoms. The van der Waals surface area contributed by atoms with E-state index in [9.17, 15) is 0 Å². The van der Waals surface area contributed by atoms with E-state index in [0.717, 1.165) is 6.42 Å². The Labute approximate surface area is 112 Å². The van der Waals surface area contributed by atoms with E-state index in [1.807, 2.05) is 0 Å². The first-order valence-corrected chi connectivity index (χ1v) is 6.73. The van der Waals surface area contributed by atoms with Gasteiger partial charge in [0.2, 0.25) is 0 Å². The molecule has 0 aliphatic carbocycles. The summed E-state index contributed by atoms with van der Waals surface area (Å²) in [6, 6.07) is 2.98. The van der Waals surface area contributed by atoms with Gasteiger partial charge in [0.1, 0.15) is 0 Å². The summed E-state index contributed by atoms with van der Waals surface area (Å²) >= 11 is 0. The molecular formula is C14H25BN2O. The van der Waals surface area contributed by atoms with Gasteiger partial charge in [-0.2, -0.15) is 5.26 Å². The molecule has 1 aliphatic heterocycles. The van der Waals surface area contributed by atoms with Gasteiger partial charge in [0.25, 0.3) is 0 Å². The predicted molar refractivity (Wildman–Crippen MR) is 76.1 cm³/mol. The molecule has 1 atom stereocenters. The maximum atomic E-state index is 9.12. The molecule has 1 heterocycles. The van der Waals surface area contributed by atoms with Crippen molar-refractivity contribution in [2.75, 3.05) is 0 Å². The first-order valence-electron chi connectivity index (χ1n) is 6.73. The van der Waals surface area contributed by atoms with Gasteiger partial charge in [0.05, 0.1) is 6.07 Å². The predicted octanol–water partition coefficient (Wildman–Crippen LogP) is 3.24. The van der Waals surface area contributed by atoms with Gasteiger partial charge in [-0.1, -0.05) is 34.3 Å². The van der Waals surface area contributed by atoms with Crippen LogP contribution in [0.4, 0.5) is 0 Å². The molecule has 0 aromatic carbocycles. The Bertz CT molecular complexity index is 349. The third-order valence-electron chi connectivity index (χ3n) is 3.57. The van der Waals surface area contributed by atoms with E-state index in [1.54, 1.807) is 0 Å². The lowest BCUT2D eigenvalue weighted by molar-refractivity contribution is 0.108. The van der Waals surface area contributed by atoms with Crippen LogP contribution >= 0.6 is 0 Å². The lowest BCUT2D eigenvalue weighted by Crippen LogP contribution is -2.51. The van der Waals surface area contributed by atoms with Crippen LogP contribution in [0, 0.1) is 11.3 Å². The fraction of sp³-hybridized carbons (Fsp3) is 0.786. The lowest BCUT2D eigenvalue weighted by atomic mass is 9.61. The van der Waals surface area contributed by atoms with E-state index >= 15 is 0 Å². The van der Waals surface area contributed by atoms with Crippen molar-refractivity contribution < 1.29 is 4.65 Å². The van der Waals surface area contributed by atoms with Gasteiger partial charge in [-0.15, -0.1) is 0 Å². The van der Waals surface area contributed by atoms with Crippen LogP contribution in [0.15, 0.2) is 12.2 Å². The van der Waals surface area contributed by atoms with Gasteiger partial charge in [0.15, 0.2) is 0 Å². The van der Waals surface area contributed by atoms with Crippen LogP contribution in [0.25, 0.3) is 0 Å². The first kappa shape index (κ1) is 15.3. The first-order chi connectivity index (χ1) is 8.19. The number of rotatable bonds is 4. The van der Waals surface area contributed by atoms with E-state index < -0.39 is 0 Å². The highest BCUT2D eigenvalue weighted by Crippen LogP contribution is 2.42.